The van der Waals surface area contributed by atoms with Crippen molar-refractivity contribution in [3.8, 4) is 0 Å². The number of alkyl halides is 6. The highest BCUT2D eigenvalue weighted by Gasteiger charge is 2.38. The second kappa shape index (κ2) is 15.4. The van der Waals surface area contributed by atoms with Crippen LogP contribution < -0.4 is 5.32 Å². The summed E-state index contributed by atoms with van der Waals surface area (Å²) in [6, 6.07) is 1.94. The maximum atomic E-state index is 10.6. The van der Waals surface area contributed by atoms with E-state index in [4.69, 9.17) is 29.3 Å². The van der Waals surface area contributed by atoms with Crippen molar-refractivity contribution >= 4 is 29.1 Å². The largest absolute Gasteiger partial charge is 0.490 e. The number of methoxy groups -OCH3 is 1. The maximum Gasteiger partial charge on any atom is 0.490 e. The van der Waals surface area contributed by atoms with Gasteiger partial charge in [0.05, 0.1) is 37.1 Å². The summed E-state index contributed by atoms with van der Waals surface area (Å²) in [4.78, 5) is 34.9. The number of thiazole rings is 1. The zero-order valence-electron chi connectivity index (χ0n) is 20.0. The highest BCUT2D eigenvalue weighted by Crippen LogP contribution is 2.26. The molecule has 0 spiro atoms. The molecule has 0 aromatic carbocycles. The lowest BCUT2D eigenvalue weighted by atomic mass is 10.2. The Morgan fingerprint density at radius 2 is 1.79 bits per heavy atom. The number of rotatable bonds is 7. The predicted octanol–water partition coefficient (Wildman–Crippen LogP) is 3.14. The molecule has 0 amide bonds. The number of aliphatic carboxylic acids is 2. The number of anilines is 1. The zero-order chi connectivity index (χ0) is 28.9. The van der Waals surface area contributed by atoms with Crippen LogP contribution in [0.3, 0.4) is 0 Å². The third kappa shape index (κ3) is 12.0. The number of carboxylic acids is 2. The molecule has 2 aromatic rings. The van der Waals surface area contributed by atoms with Crippen molar-refractivity contribution in [1.82, 2.24) is 19.9 Å². The molecule has 214 valence electrons. The second-order valence-corrected chi connectivity index (χ2v) is 8.19. The topological polar surface area (TPSA) is 147 Å². The van der Waals surface area contributed by atoms with Crippen LogP contribution in [0, 0.1) is 6.92 Å². The van der Waals surface area contributed by atoms with Crippen LogP contribution in [0.2, 0.25) is 0 Å². The van der Waals surface area contributed by atoms with Gasteiger partial charge in [-0.2, -0.15) is 26.3 Å². The van der Waals surface area contributed by atoms with E-state index < -0.39 is 24.3 Å². The minimum atomic E-state index is -5.08. The van der Waals surface area contributed by atoms with Crippen molar-refractivity contribution in [2.45, 2.75) is 31.9 Å². The van der Waals surface area contributed by atoms with Gasteiger partial charge >= 0.3 is 24.3 Å². The van der Waals surface area contributed by atoms with Gasteiger partial charge in [0.15, 0.2) is 0 Å². The number of hydrogen-bond acceptors (Lipinski definition) is 10. The van der Waals surface area contributed by atoms with E-state index in [-0.39, 0.29) is 6.04 Å². The molecule has 1 aliphatic heterocycles. The Morgan fingerprint density at radius 3 is 2.29 bits per heavy atom. The highest BCUT2D eigenvalue weighted by molar-refractivity contribution is 7.09. The van der Waals surface area contributed by atoms with Crippen LogP contribution in [-0.4, -0.2) is 94.4 Å². The summed E-state index contributed by atoms with van der Waals surface area (Å²) < 4.78 is 74.2. The van der Waals surface area contributed by atoms with Crippen molar-refractivity contribution in [3.05, 3.63) is 34.2 Å². The average Bonchev–Trinajstić information content (AvgIpc) is 3.23. The Morgan fingerprint density at radius 1 is 1.18 bits per heavy atom. The van der Waals surface area contributed by atoms with Crippen LogP contribution >= 0.6 is 11.3 Å². The molecule has 0 radical (unpaired) electrons. The summed E-state index contributed by atoms with van der Waals surface area (Å²) in [7, 11) is 1.69. The van der Waals surface area contributed by atoms with E-state index in [1.54, 1.807) is 24.6 Å². The quantitative estimate of drug-likeness (QED) is 0.329. The summed E-state index contributed by atoms with van der Waals surface area (Å²) in [5.41, 5.74) is 3.00. The van der Waals surface area contributed by atoms with Gasteiger partial charge in [-0.25, -0.2) is 24.5 Å². The van der Waals surface area contributed by atoms with Crippen LogP contribution in [0.1, 0.15) is 22.4 Å². The molecule has 0 aliphatic carbocycles. The van der Waals surface area contributed by atoms with Crippen molar-refractivity contribution in [2.24, 2.45) is 0 Å². The number of carbonyl (C=O) groups is 2. The fourth-order valence-corrected chi connectivity index (χ4v) is 3.44. The molecule has 1 unspecified atom stereocenters. The summed E-state index contributed by atoms with van der Waals surface area (Å²) in [6.45, 7) is 6.49. The third-order valence-corrected chi connectivity index (χ3v) is 5.42. The van der Waals surface area contributed by atoms with Crippen LogP contribution in [0.4, 0.5) is 32.2 Å². The number of nitrogens with one attached hydrogen (secondary N) is 1. The van der Waals surface area contributed by atoms with Gasteiger partial charge < -0.3 is 25.0 Å². The van der Waals surface area contributed by atoms with Crippen LogP contribution in [-0.2, 0) is 25.6 Å². The summed E-state index contributed by atoms with van der Waals surface area (Å²) in [5.74, 6) is -3.91. The van der Waals surface area contributed by atoms with Gasteiger partial charge in [-0.15, -0.1) is 11.3 Å². The molecule has 1 fully saturated rings. The molecule has 38 heavy (non-hydrogen) atoms. The summed E-state index contributed by atoms with van der Waals surface area (Å²) in [5, 5.41) is 17.5. The zero-order valence-corrected chi connectivity index (χ0v) is 20.9. The van der Waals surface area contributed by atoms with Crippen molar-refractivity contribution in [2.75, 3.05) is 45.3 Å². The number of aromatic nitrogens is 3. The van der Waals surface area contributed by atoms with E-state index in [1.807, 2.05) is 11.6 Å². The lowest BCUT2D eigenvalue weighted by Crippen LogP contribution is -2.39. The molecule has 0 bridgehead atoms. The summed E-state index contributed by atoms with van der Waals surface area (Å²) >= 11 is 1.70. The van der Waals surface area contributed by atoms with E-state index in [2.05, 4.69) is 32.1 Å². The molecule has 1 aliphatic rings. The first-order valence-electron chi connectivity index (χ1n) is 10.5. The van der Waals surface area contributed by atoms with Gasteiger partial charge in [0.2, 0.25) is 0 Å². The Bertz CT molecular complexity index is 999. The SMILES string of the molecule is COCCNc1ccnc(C2COCCN2Cc2scnc2C)n1.O=C(O)C(F)(F)F.O=C(O)C(F)(F)F. The Labute approximate surface area is 216 Å². The number of hydrogen-bond donors (Lipinski definition) is 3. The molecular weight excluding hydrogens is 552 g/mol. The monoisotopic (exact) mass is 577 g/mol. The van der Waals surface area contributed by atoms with E-state index in [0.29, 0.717) is 13.2 Å². The minimum absolute atomic E-state index is 0.0597. The van der Waals surface area contributed by atoms with Crippen molar-refractivity contribution in [3.63, 3.8) is 0 Å². The number of aryl methyl sites for hydroxylation is 1. The normalized spacial score (nSPS) is 15.9. The van der Waals surface area contributed by atoms with Crippen LogP contribution in [0.25, 0.3) is 0 Å². The first kappa shape index (κ1) is 32.9. The van der Waals surface area contributed by atoms with Crippen LogP contribution in [0.5, 0.6) is 0 Å². The van der Waals surface area contributed by atoms with E-state index in [1.165, 1.54) is 4.88 Å². The molecule has 0 saturated carbocycles. The standard InChI is InChI=1S/C16H23N5O2S.2C2HF3O2/c1-12-14(24-11-19-12)9-21-6-8-23-10-13(21)16-18-4-3-15(20-16)17-5-7-22-2;2*3-2(4,5)1(6)7/h3-4,11,13H,5-10H2,1-2H3,(H,17,18,20);2*(H,6,7). The van der Waals surface area contributed by atoms with Gasteiger partial charge in [-0.1, -0.05) is 0 Å². The van der Waals surface area contributed by atoms with Gasteiger partial charge in [0.25, 0.3) is 0 Å². The van der Waals surface area contributed by atoms with Crippen molar-refractivity contribution in [1.29, 1.82) is 0 Å². The fraction of sp³-hybridized carbons (Fsp3) is 0.550. The van der Waals surface area contributed by atoms with E-state index in [0.717, 1.165) is 43.6 Å². The Balaban J connectivity index is 0.000000426. The fourth-order valence-electron chi connectivity index (χ4n) is 2.64. The summed E-state index contributed by atoms with van der Waals surface area (Å²) in [6.07, 6.45) is -8.37. The number of nitrogens with zero attached hydrogens (tertiary/aromatic N) is 4. The van der Waals surface area contributed by atoms with Gasteiger partial charge in [-0.3, -0.25) is 4.90 Å². The molecule has 11 nitrogen and oxygen atoms in total. The van der Waals surface area contributed by atoms with Gasteiger partial charge in [-0.05, 0) is 13.0 Å². The number of carboxylic acid groups (broad SMARTS) is 2. The molecule has 3 rings (SSSR count). The van der Waals surface area contributed by atoms with Gasteiger partial charge in [0, 0.05) is 37.8 Å². The highest BCUT2D eigenvalue weighted by atomic mass is 32.1. The predicted molar refractivity (Wildman–Crippen MR) is 121 cm³/mol. The van der Waals surface area contributed by atoms with Crippen molar-refractivity contribution < 1.29 is 55.6 Å². The van der Waals surface area contributed by atoms with E-state index in [9.17, 15) is 26.3 Å². The number of ether oxygens (including phenoxy) is 2. The minimum Gasteiger partial charge on any atom is -0.475 e. The second-order valence-electron chi connectivity index (χ2n) is 7.25. The molecule has 2 aromatic heterocycles. The first-order chi connectivity index (χ1) is 17.7. The van der Waals surface area contributed by atoms with E-state index >= 15 is 0 Å². The molecule has 18 heteroatoms. The molecular formula is C20H25F6N5O6S. The molecule has 1 atom stereocenters. The lowest BCUT2D eigenvalue weighted by Gasteiger charge is -2.34. The molecule has 3 N–H and O–H groups in total. The lowest BCUT2D eigenvalue weighted by molar-refractivity contribution is -0.193. The third-order valence-electron chi connectivity index (χ3n) is 4.50. The average molecular weight is 578 g/mol. The smallest absolute Gasteiger partial charge is 0.475 e. The van der Waals surface area contributed by atoms with Gasteiger partial charge in [0.1, 0.15) is 11.6 Å². The van der Waals surface area contributed by atoms with Crippen LogP contribution in [0.15, 0.2) is 17.8 Å². The molecule has 1 saturated heterocycles. The first-order valence-corrected chi connectivity index (χ1v) is 11.4. The maximum absolute atomic E-state index is 10.6. The number of morpholine rings is 1. The Kier molecular flexibility index (Phi) is 13.3. The molecule has 3 heterocycles. The number of halogens is 6. The Hall–Kier alpha value is -3.09.